The van der Waals surface area contributed by atoms with Gasteiger partial charge in [0.2, 0.25) is 17.7 Å². The number of hydrogen-bond acceptors (Lipinski definition) is 6. The molecule has 9 heteroatoms. The molecule has 2 amide bonds. The van der Waals surface area contributed by atoms with E-state index in [-0.39, 0.29) is 18.2 Å². The van der Waals surface area contributed by atoms with Crippen LogP contribution in [-0.4, -0.2) is 26.9 Å². The normalized spacial score (nSPS) is 16.2. The molecule has 3 rings (SSSR count). The lowest BCUT2D eigenvalue weighted by atomic mass is 9.89. The summed E-state index contributed by atoms with van der Waals surface area (Å²) >= 11 is 5.78. The average molecular weight is 406 g/mol. The van der Waals surface area contributed by atoms with Gasteiger partial charge in [0, 0.05) is 26.0 Å². The van der Waals surface area contributed by atoms with Crippen molar-refractivity contribution in [1.29, 1.82) is 0 Å². The Morgan fingerprint density at radius 2 is 1.96 bits per heavy atom. The van der Waals surface area contributed by atoms with E-state index >= 15 is 0 Å². The van der Waals surface area contributed by atoms with Gasteiger partial charge in [0.15, 0.2) is 5.82 Å². The molecule has 1 aliphatic rings. The van der Waals surface area contributed by atoms with E-state index in [1.807, 2.05) is 0 Å². The minimum absolute atomic E-state index is 0.108. The molecule has 0 aromatic carbocycles. The molecule has 8 nitrogen and oxygen atoms in total. The molecule has 2 aromatic rings. The highest BCUT2D eigenvalue weighted by atomic mass is 35.5. The highest BCUT2D eigenvalue weighted by Gasteiger charge is 2.38. The van der Waals surface area contributed by atoms with Crippen LogP contribution in [0, 0.1) is 0 Å². The third-order valence-corrected chi connectivity index (χ3v) is 5.05. The van der Waals surface area contributed by atoms with Crippen LogP contribution in [0.15, 0.2) is 22.9 Å². The summed E-state index contributed by atoms with van der Waals surface area (Å²) in [6.45, 7) is 1.50. The quantitative estimate of drug-likeness (QED) is 0.713. The molecule has 0 aliphatic heterocycles. The molecular weight excluding hydrogens is 382 g/mol. The number of carbonyl (C=O) groups is 2. The van der Waals surface area contributed by atoms with E-state index in [2.05, 4.69) is 25.8 Å². The van der Waals surface area contributed by atoms with E-state index < -0.39 is 5.54 Å². The molecule has 0 atom stereocenters. The van der Waals surface area contributed by atoms with Crippen LogP contribution in [-0.2, 0) is 21.5 Å². The second kappa shape index (κ2) is 9.14. The predicted molar refractivity (Wildman–Crippen MR) is 104 cm³/mol. The Morgan fingerprint density at radius 1 is 1.21 bits per heavy atom. The van der Waals surface area contributed by atoms with E-state index in [0.717, 1.165) is 38.5 Å². The van der Waals surface area contributed by atoms with Gasteiger partial charge in [-0.1, -0.05) is 42.4 Å². The van der Waals surface area contributed by atoms with E-state index in [1.165, 1.54) is 13.1 Å². The summed E-state index contributed by atoms with van der Waals surface area (Å²) in [7, 11) is 0. The zero-order valence-electron chi connectivity index (χ0n) is 15.8. The Balaban J connectivity index is 1.62. The molecule has 2 heterocycles. The number of halogens is 1. The summed E-state index contributed by atoms with van der Waals surface area (Å²) in [5, 5.41) is 10.4. The molecule has 2 aromatic heterocycles. The van der Waals surface area contributed by atoms with Crippen molar-refractivity contribution in [2.75, 3.05) is 5.32 Å². The molecule has 0 unspecified atom stereocenters. The highest BCUT2D eigenvalue weighted by Crippen LogP contribution is 2.34. The van der Waals surface area contributed by atoms with Crippen LogP contribution in [0.3, 0.4) is 0 Å². The van der Waals surface area contributed by atoms with Crippen LogP contribution in [0.1, 0.15) is 63.6 Å². The van der Waals surface area contributed by atoms with Crippen molar-refractivity contribution in [1.82, 2.24) is 20.4 Å². The first kappa shape index (κ1) is 20.3. The number of rotatable bonds is 6. The number of hydrogen-bond donors (Lipinski definition) is 2. The molecule has 0 spiro atoms. The Morgan fingerprint density at radius 3 is 2.61 bits per heavy atom. The van der Waals surface area contributed by atoms with Gasteiger partial charge in [0.05, 0.1) is 5.02 Å². The van der Waals surface area contributed by atoms with Gasteiger partial charge in [-0.2, -0.15) is 4.98 Å². The summed E-state index contributed by atoms with van der Waals surface area (Å²) in [5.41, 5.74) is -0.584. The summed E-state index contributed by atoms with van der Waals surface area (Å²) in [6, 6.07) is 3.29. The van der Waals surface area contributed by atoms with Crippen LogP contribution in [0.2, 0.25) is 5.02 Å². The molecule has 0 bridgehead atoms. The Kier molecular flexibility index (Phi) is 6.61. The van der Waals surface area contributed by atoms with Gasteiger partial charge in [0.25, 0.3) is 0 Å². The number of aryl methyl sites for hydroxylation is 1. The summed E-state index contributed by atoms with van der Waals surface area (Å²) in [4.78, 5) is 32.4. The van der Waals surface area contributed by atoms with Crippen LogP contribution in [0.25, 0.3) is 0 Å². The lowest BCUT2D eigenvalue weighted by Gasteiger charge is -2.30. The first-order valence-electron chi connectivity index (χ1n) is 9.50. The van der Waals surface area contributed by atoms with Gasteiger partial charge in [-0.05, 0) is 25.0 Å². The first-order valence-corrected chi connectivity index (χ1v) is 9.88. The Hall–Kier alpha value is -2.48. The van der Waals surface area contributed by atoms with Crippen molar-refractivity contribution in [3.8, 4) is 0 Å². The zero-order chi connectivity index (χ0) is 20.0. The summed E-state index contributed by atoms with van der Waals surface area (Å²) in [5.74, 6) is 0.995. The molecular formula is C19H24ClN5O3. The maximum atomic E-state index is 12.1. The van der Waals surface area contributed by atoms with E-state index in [4.69, 9.17) is 16.1 Å². The van der Waals surface area contributed by atoms with Crippen LogP contribution < -0.4 is 10.6 Å². The molecule has 1 saturated carbocycles. The molecule has 1 aliphatic carbocycles. The van der Waals surface area contributed by atoms with Crippen molar-refractivity contribution < 1.29 is 14.1 Å². The van der Waals surface area contributed by atoms with E-state index in [1.54, 1.807) is 12.1 Å². The molecule has 2 N–H and O–H groups in total. The Labute approximate surface area is 168 Å². The zero-order valence-corrected chi connectivity index (χ0v) is 16.6. The lowest BCUT2D eigenvalue weighted by Crippen LogP contribution is -2.45. The largest absolute Gasteiger partial charge is 0.343 e. The lowest BCUT2D eigenvalue weighted by molar-refractivity contribution is -0.121. The Bertz CT molecular complexity index is 813. The molecule has 0 saturated heterocycles. The second-order valence-corrected chi connectivity index (χ2v) is 7.54. The van der Waals surface area contributed by atoms with Gasteiger partial charge in [-0.15, -0.1) is 0 Å². The van der Waals surface area contributed by atoms with Gasteiger partial charge in [-0.25, -0.2) is 4.98 Å². The third-order valence-electron chi connectivity index (χ3n) is 4.83. The molecule has 1 fully saturated rings. The van der Waals surface area contributed by atoms with Gasteiger partial charge < -0.3 is 15.2 Å². The number of aromatic nitrogens is 3. The third kappa shape index (κ3) is 5.28. The first-order chi connectivity index (χ1) is 13.5. The van der Waals surface area contributed by atoms with Crippen molar-refractivity contribution >= 4 is 29.2 Å². The van der Waals surface area contributed by atoms with Crippen molar-refractivity contribution in [2.45, 2.75) is 63.8 Å². The second-order valence-electron chi connectivity index (χ2n) is 7.10. The topological polar surface area (TPSA) is 110 Å². The minimum atomic E-state index is -0.584. The van der Waals surface area contributed by atoms with E-state index in [9.17, 15) is 9.59 Å². The maximum Gasteiger partial charge on any atom is 0.227 e. The number of nitrogens with one attached hydrogen (secondary N) is 2. The fourth-order valence-electron chi connectivity index (χ4n) is 3.50. The molecule has 150 valence electrons. The maximum absolute atomic E-state index is 12.1. The van der Waals surface area contributed by atoms with Crippen molar-refractivity contribution in [2.24, 2.45) is 0 Å². The monoisotopic (exact) mass is 405 g/mol. The number of nitrogens with zero attached hydrogens (tertiary/aromatic N) is 3. The van der Waals surface area contributed by atoms with Crippen LogP contribution >= 0.6 is 11.6 Å². The minimum Gasteiger partial charge on any atom is -0.343 e. The summed E-state index contributed by atoms with van der Waals surface area (Å²) < 4.78 is 5.36. The average Bonchev–Trinajstić information content (AvgIpc) is 3.02. The molecule has 28 heavy (non-hydrogen) atoms. The summed E-state index contributed by atoms with van der Waals surface area (Å²) in [6.07, 6.45) is 7.79. The van der Waals surface area contributed by atoms with Crippen molar-refractivity contribution in [3.05, 3.63) is 35.1 Å². The van der Waals surface area contributed by atoms with E-state index in [0.29, 0.717) is 29.0 Å². The number of carbonyl (C=O) groups excluding carboxylic acids is 2. The van der Waals surface area contributed by atoms with Crippen LogP contribution in [0.4, 0.5) is 5.82 Å². The van der Waals surface area contributed by atoms with Crippen LogP contribution in [0.5, 0.6) is 0 Å². The number of pyridine rings is 1. The SMILES string of the molecule is CC(=O)NC1(c2noc(CCC(=O)Nc3ccc(Cl)cn3)n2)CCCCCC1. The standard InChI is InChI=1S/C19H24ClN5O3/c1-13(26)24-19(10-4-2-3-5-11-19)18-23-17(28-25-18)9-8-16(27)22-15-7-6-14(20)12-21-15/h6-7,12H,2-5,8-11H2,1H3,(H,24,26)(H,21,22,27). The van der Waals surface area contributed by atoms with Crippen molar-refractivity contribution in [3.63, 3.8) is 0 Å². The van der Waals surface area contributed by atoms with Gasteiger partial charge >= 0.3 is 0 Å². The number of anilines is 1. The fraction of sp³-hybridized carbons (Fsp3) is 0.526. The van der Waals surface area contributed by atoms with Gasteiger partial charge in [0.1, 0.15) is 11.4 Å². The molecule has 0 radical (unpaired) electrons. The highest BCUT2D eigenvalue weighted by molar-refractivity contribution is 6.30. The van der Waals surface area contributed by atoms with Gasteiger partial charge in [-0.3, -0.25) is 9.59 Å². The smallest absolute Gasteiger partial charge is 0.227 e. The number of amides is 2. The fourth-order valence-corrected chi connectivity index (χ4v) is 3.61. The predicted octanol–water partition coefficient (Wildman–Crippen LogP) is 3.37.